The Kier molecular flexibility index (Phi) is 9.80. The minimum Gasteiger partial charge on any atom is -0.379 e. The maximum Gasteiger partial charge on any atom is 0.370 e. The summed E-state index contributed by atoms with van der Waals surface area (Å²) in [4.78, 5) is 0. The summed E-state index contributed by atoms with van der Waals surface area (Å²) < 4.78 is 20.4. The largest absolute Gasteiger partial charge is 0.379 e. The molecule has 0 aromatic rings. The Morgan fingerprint density at radius 1 is 0.769 bits per heavy atom. The Hall–Kier alpha value is -0.160. The summed E-state index contributed by atoms with van der Waals surface area (Å²) in [5.74, 6) is 0. The highest BCUT2D eigenvalue weighted by Crippen LogP contribution is 2.05. The molecule has 0 aliphatic rings. The quantitative estimate of drug-likeness (QED) is 0.518. The third-order valence-electron chi connectivity index (χ3n) is 1.18. The number of rotatable bonds is 9. The molecule has 0 bridgehead atoms. The highest BCUT2D eigenvalue weighted by Gasteiger charge is 2.10. The molecular weight excluding hydrogens is 172 g/mol. The van der Waals surface area contributed by atoms with E-state index < -0.39 is 0 Å². The molecule has 13 heavy (non-hydrogen) atoms. The van der Waals surface area contributed by atoms with Gasteiger partial charge in [-0.25, -0.2) is 0 Å². The average molecular weight is 191 g/mol. The number of hydrogen-bond acceptors (Lipinski definition) is 4. The summed E-state index contributed by atoms with van der Waals surface area (Å²) in [6, 6.07) is 0. The van der Waals surface area contributed by atoms with Gasteiger partial charge in [-0.1, -0.05) is 0 Å². The maximum absolute atomic E-state index is 5.17. The molecule has 0 amide bonds. The van der Waals surface area contributed by atoms with Gasteiger partial charge in [-0.15, -0.1) is 0 Å². The lowest BCUT2D eigenvalue weighted by molar-refractivity contribution is -0.187. The van der Waals surface area contributed by atoms with Gasteiger partial charge in [-0.3, -0.25) is 0 Å². The monoisotopic (exact) mass is 191 g/mol. The number of ether oxygens (including phenoxy) is 4. The van der Waals surface area contributed by atoms with Crippen LogP contribution in [-0.4, -0.2) is 33.0 Å². The average Bonchev–Trinajstić information content (AvgIpc) is 2.13. The van der Waals surface area contributed by atoms with Crippen molar-refractivity contribution in [2.24, 2.45) is 0 Å². The van der Waals surface area contributed by atoms with Crippen molar-refractivity contribution in [3.05, 3.63) is 6.48 Å². The van der Waals surface area contributed by atoms with Crippen LogP contribution in [0.2, 0.25) is 0 Å². The van der Waals surface area contributed by atoms with Gasteiger partial charge in [0.25, 0.3) is 0 Å². The second-order valence-electron chi connectivity index (χ2n) is 2.16. The molecule has 0 aliphatic carbocycles. The lowest BCUT2D eigenvalue weighted by atomic mass is 10.7. The fourth-order valence-corrected chi connectivity index (χ4v) is 0.689. The van der Waals surface area contributed by atoms with E-state index in [0.29, 0.717) is 33.0 Å². The summed E-state index contributed by atoms with van der Waals surface area (Å²) in [6.45, 7) is 8.75. The van der Waals surface area contributed by atoms with E-state index in [0.717, 1.165) is 0 Å². The number of hydrogen-bond donors (Lipinski definition) is 0. The minimum atomic E-state index is 0.240. The molecular formula is C9H19O4. The van der Waals surface area contributed by atoms with E-state index in [2.05, 4.69) is 0 Å². The van der Waals surface area contributed by atoms with E-state index >= 15 is 0 Å². The Labute approximate surface area is 80.1 Å². The van der Waals surface area contributed by atoms with Gasteiger partial charge in [0.2, 0.25) is 0 Å². The van der Waals surface area contributed by atoms with E-state index in [4.69, 9.17) is 18.9 Å². The van der Waals surface area contributed by atoms with Gasteiger partial charge in [0.15, 0.2) is 0 Å². The van der Waals surface area contributed by atoms with Crippen LogP contribution in [0.25, 0.3) is 0 Å². The predicted octanol–water partition coefficient (Wildman–Crippen LogP) is 1.56. The Morgan fingerprint density at radius 3 is 1.85 bits per heavy atom. The molecule has 0 fully saturated rings. The smallest absolute Gasteiger partial charge is 0.370 e. The first-order valence-electron chi connectivity index (χ1n) is 4.68. The second kappa shape index (κ2) is 9.92. The molecule has 0 aromatic carbocycles. The van der Waals surface area contributed by atoms with E-state index in [1.807, 2.05) is 20.8 Å². The van der Waals surface area contributed by atoms with Gasteiger partial charge < -0.3 is 18.9 Å². The first kappa shape index (κ1) is 12.8. The predicted molar refractivity (Wildman–Crippen MR) is 48.9 cm³/mol. The van der Waals surface area contributed by atoms with Crippen LogP contribution in [0.5, 0.6) is 0 Å². The van der Waals surface area contributed by atoms with Gasteiger partial charge in [-0.2, -0.15) is 0 Å². The third-order valence-corrected chi connectivity index (χ3v) is 1.18. The van der Waals surface area contributed by atoms with Crippen molar-refractivity contribution in [2.45, 2.75) is 20.8 Å². The van der Waals surface area contributed by atoms with Crippen LogP contribution >= 0.6 is 0 Å². The zero-order valence-electron chi connectivity index (χ0n) is 8.67. The van der Waals surface area contributed by atoms with E-state index in [-0.39, 0.29) is 6.48 Å². The Morgan fingerprint density at radius 2 is 1.38 bits per heavy atom. The normalized spacial score (nSPS) is 11.1. The van der Waals surface area contributed by atoms with Gasteiger partial charge >= 0.3 is 6.48 Å². The molecule has 0 atom stereocenters. The standard InChI is InChI=1S/C9H19O4/c1-4-10-7-8-13-9(11-5-2)12-6-3/h4-8H2,1-3H3. The zero-order valence-corrected chi connectivity index (χ0v) is 8.67. The lowest BCUT2D eigenvalue weighted by Crippen LogP contribution is -2.15. The third kappa shape index (κ3) is 8.18. The molecule has 4 nitrogen and oxygen atoms in total. The van der Waals surface area contributed by atoms with Crippen molar-refractivity contribution in [1.82, 2.24) is 0 Å². The summed E-state index contributed by atoms with van der Waals surface area (Å²) in [6.07, 6.45) is 0. The van der Waals surface area contributed by atoms with Crippen molar-refractivity contribution in [3.63, 3.8) is 0 Å². The highest BCUT2D eigenvalue weighted by atomic mass is 16.8. The molecule has 0 aromatic heterocycles. The lowest BCUT2D eigenvalue weighted by Gasteiger charge is -2.13. The molecule has 0 heterocycles. The van der Waals surface area contributed by atoms with Crippen LogP contribution in [0.15, 0.2) is 0 Å². The minimum absolute atomic E-state index is 0.240. The molecule has 0 N–H and O–H groups in total. The fourth-order valence-electron chi connectivity index (χ4n) is 0.689. The first-order valence-corrected chi connectivity index (χ1v) is 4.68. The zero-order chi connectivity index (χ0) is 9.94. The Bertz CT molecular complexity index is 91.6. The molecule has 0 spiro atoms. The van der Waals surface area contributed by atoms with Crippen molar-refractivity contribution >= 4 is 0 Å². The van der Waals surface area contributed by atoms with Crippen molar-refractivity contribution in [2.75, 3.05) is 33.0 Å². The van der Waals surface area contributed by atoms with Crippen LogP contribution in [0.1, 0.15) is 20.8 Å². The molecule has 79 valence electrons. The van der Waals surface area contributed by atoms with Crippen LogP contribution in [-0.2, 0) is 18.9 Å². The fraction of sp³-hybridized carbons (Fsp3) is 0.889. The van der Waals surface area contributed by atoms with Crippen LogP contribution in [0.3, 0.4) is 0 Å². The van der Waals surface area contributed by atoms with Crippen molar-refractivity contribution < 1.29 is 18.9 Å². The molecule has 0 rings (SSSR count). The second-order valence-corrected chi connectivity index (χ2v) is 2.16. The van der Waals surface area contributed by atoms with Crippen LogP contribution in [0, 0.1) is 6.48 Å². The van der Waals surface area contributed by atoms with Crippen LogP contribution < -0.4 is 0 Å². The SMILES string of the molecule is CCOCCO[C](OCC)OCC. The summed E-state index contributed by atoms with van der Waals surface area (Å²) in [5, 5.41) is 0. The molecule has 0 aliphatic heterocycles. The van der Waals surface area contributed by atoms with E-state index in [9.17, 15) is 0 Å². The summed E-state index contributed by atoms with van der Waals surface area (Å²) >= 11 is 0. The molecule has 0 unspecified atom stereocenters. The van der Waals surface area contributed by atoms with Crippen molar-refractivity contribution in [3.8, 4) is 0 Å². The van der Waals surface area contributed by atoms with Gasteiger partial charge in [0.1, 0.15) is 0 Å². The Balaban J connectivity index is 3.33. The van der Waals surface area contributed by atoms with Gasteiger partial charge in [0, 0.05) is 19.8 Å². The van der Waals surface area contributed by atoms with E-state index in [1.165, 1.54) is 0 Å². The summed E-state index contributed by atoms with van der Waals surface area (Å²) in [5.41, 5.74) is 0. The van der Waals surface area contributed by atoms with Crippen LogP contribution in [0.4, 0.5) is 0 Å². The molecule has 0 saturated carbocycles. The van der Waals surface area contributed by atoms with Gasteiger partial charge in [-0.05, 0) is 20.8 Å². The van der Waals surface area contributed by atoms with Crippen molar-refractivity contribution in [1.29, 1.82) is 0 Å². The maximum atomic E-state index is 5.17. The molecule has 1 radical (unpaired) electrons. The molecule has 4 heteroatoms. The first-order chi connectivity index (χ1) is 6.35. The molecule has 0 saturated heterocycles. The van der Waals surface area contributed by atoms with E-state index in [1.54, 1.807) is 0 Å². The topological polar surface area (TPSA) is 36.9 Å². The van der Waals surface area contributed by atoms with Gasteiger partial charge in [0.05, 0.1) is 13.2 Å². The summed E-state index contributed by atoms with van der Waals surface area (Å²) in [7, 11) is 0. The highest BCUT2D eigenvalue weighted by molar-refractivity contribution is 4.47.